The highest BCUT2D eigenvalue weighted by Crippen LogP contribution is 2.31. The zero-order valence-corrected chi connectivity index (χ0v) is 10.2. The second kappa shape index (κ2) is 4.65. The van der Waals surface area contributed by atoms with Crippen LogP contribution in [0.15, 0.2) is 22.7 Å². The van der Waals surface area contributed by atoms with E-state index in [2.05, 4.69) is 33.4 Å². The minimum absolute atomic E-state index is 0.587. The quantitative estimate of drug-likeness (QED) is 0.825. The van der Waals surface area contributed by atoms with Crippen LogP contribution in [-0.2, 0) is 0 Å². The maximum Gasteiger partial charge on any atom is 0.0452 e. The summed E-state index contributed by atoms with van der Waals surface area (Å²) in [5, 5.41) is 4.29. The third-order valence-electron chi connectivity index (χ3n) is 2.70. The van der Waals surface area contributed by atoms with Crippen LogP contribution in [-0.4, -0.2) is 13.1 Å². The van der Waals surface area contributed by atoms with Gasteiger partial charge in [0.2, 0.25) is 0 Å². The fraction of sp³-hybridized carbons (Fsp3) is 0.455. The summed E-state index contributed by atoms with van der Waals surface area (Å²) in [5.74, 6) is 0.587. The van der Waals surface area contributed by atoms with Gasteiger partial charge in [0, 0.05) is 16.0 Å². The highest BCUT2D eigenvalue weighted by molar-refractivity contribution is 9.10. The first kappa shape index (κ1) is 10.5. The maximum atomic E-state index is 6.21. The van der Waals surface area contributed by atoms with Crippen molar-refractivity contribution in [2.75, 3.05) is 13.1 Å². The summed E-state index contributed by atoms with van der Waals surface area (Å²) < 4.78 is 1.05. The Labute approximate surface area is 98.0 Å². The van der Waals surface area contributed by atoms with Crippen LogP contribution in [0.25, 0.3) is 0 Å². The van der Waals surface area contributed by atoms with Crippen LogP contribution in [0.4, 0.5) is 0 Å². The molecule has 3 heteroatoms. The van der Waals surface area contributed by atoms with Crippen LogP contribution in [0.1, 0.15) is 24.3 Å². The molecule has 14 heavy (non-hydrogen) atoms. The topological polar surface area (TPSA) is 12.0 Å². The maximum absolute atomic E-state index is 6.21. The van der Waals surface area contributed by atoms with Gasteiger partial charge in [0.15, 0.2) is 0 Å². The summed E-state index contributed by atoms with van der Waals surface area (Å²) in [5.41, 5.74) is 1.28. The molecule has 0 amide bonds. The van der Waals surface area contributed by atoms with E-state index in [4.69, 9.17) is 11.6 Å². The second-order valence-electron chi connectivity index (χ2n) is 3.71. The Morgan fingerprint density at radius 3 is 2.93 bits per heavy atom. The molecule has 1 aliphatic heterocycles. The molecule has 1 fully saturated rings. The third kappa shape index (κ3) is 2.30. The molecule has 0 radical (unpaired) electrons. The molecule has 1 aliphatic rings. The fourth-order valence-corrected chi connectivity index (χ4v) is 2.78. The van der Waals surface area contributed by atoms with Gasteiger partial charge in [-0.3, -0.25) is 0 Å². The molecule has 2 rings (SSSR count). The van der Waals surface area contributed by atoms with Crippen molar-refractivity contribution in [1.82, 2.24) is 5.32 Å². The number of hydrogen-bond acceptors (Lipinski definition) is 1. The molecule has 1 N–H and O–H groups in total. The second-order valence-corrected chi connectivity index (χ2v) is 5.03. The van der Waals surface area contributed by atoms with Crippen molar-refractivity contribution < 1.29 is 0 Å². The Hall–Kier alpha value is -0.0500. The van der Waals surface area contributed by atoms with E-state index in [0.717, 1.165) is 22.6 Å². The normalized spacial score (nSPS) is 22.3. The lowest BCUT2D eigenvalue weighted by atomic mass is 9.92. The first-order chi connectivity index (χ1) is 6.77. The summed E-state index contributed by atoms with van der Waals surface area (Å²) in [6.07, 6.45) is 2.49. The third-order valence-corrected chi connectivity index (χ3v) is 3.52. The predicted molar refractivity (Wildman–Crippen MR) is 64.0 cm³/mol. The first-order valence-electron chi connectivity index (χ1n) is 4.93. The number of benzene rings is 1. The lowest BCUT2D eigenvalue weighted by Crippen LogP contribution is -2.28. The van der Waals surface area contributed by atoms with Crippen LogP contribution in [0.3, 0.4) is 0 Å². The smallest absolute Gasteiger partial charge is 0.0452 e. The van der Waals surface area contributed by atoms with Crippen molar-refractivity contribution in [3.63, 3.8) is 0 Å². The minimum atomic E-state index is 0.587. The number of rotatable bonds is 1. The van der Waals surface area contributed by atoms with Gasteiger partial charge in [-0.2, -0.15) is 0 Å². The highest BCUT2D eigenvalue weighted by atomic mass is 79.9. The zero-order valence-electron chi connectivity index (χ0n) is 7.89. The van der Waals surface area contributed by atoms with E-state index in [9.17, 15) is 0 Å². The standard InChI is InChI=1S/C11H13BrClN/c12-9-3-4-10(11(13)6-9)8-2-1-5-14-7-8/h3-4,6,8,14H,1-2,5,7H2/t8-/m0/s1. The molecule has 0 aromatic heterocycles. The summed E-state index contributed by atoms with van der Waals surface area (Å²) in [6, 6.07) is 6.17. The summed E-state index contributed by atoms with van der Waals surface area (Å²) in [4.78, 5) is 0. The Bertz CT molecular complexity index is 321. The molecule has 0 unspecified atom stereocenters. The van der Waals surface area contributed by atoms with Crippen molar-refractivity contribution in [1.29, 1.82) is 0 Å². The lowest BCUT2D eigenvalue weighted by molar-refractivity contribution is 0.462. The van der Waals surface area contributed by atoms with Gasteiger partial charge >= 0.3 is 0 Å². The Morgan fingerprint density at radius 1 is 1.43 bits per heavy atom. The highest BCUT2D eigenvalue weighted by Gasteiger charge is 2.17. The summed E-state index contributed by atoms with van der Waals surface area (Å²) in [6.45, 7) is 2.20. The minimum Gasteiger partial charge on any atom is -0.316 e. The molecule has 0 saturated carbocycles. The van der Waals surface area contributed by atoms with Crippen molar-refractivity contribution in [3.05, 3.63) is 33.3 Å². The Morgan fingerprint density at radius 2 is 2.29 bits per heavy atom. The van der Waals surface area contributed by atoms with Crippen LogP contribution in [0, 0.1) is 0 Å². The average molecular weight is 275 g/mol. The molecule has 1 heterocycles. The molecule has 0 bridgehead atoms. The molecule has 1 saturated heterocycles. The molecule has 0 aliphatic carbocycles. The van der Waals surface area contributed by atoms with Crippen LogP contribution in [0.2, 0.25) is 5.02 Å². The fourth-order valence-electron chi connectivity index (χ4n) is 1.95. The SMILES string of the molecule is Clc1cc(Br)ccc1[C@H]1CCCNC1. The van der Waals surface area contributed by atoms with Gasteiger partial charge in [-0.1, -0.05) is 33.6 Å². The van der Waals surface area contributed by atoms with Gasteiger partial charge in [-0.05, 0) is 43.0 Å². The Kier molecular flexibility index (Phi) is 3.47. The van der Waals surface area contributed by atoms with Crippen LogP contribution >= 0.6 is 27.5 Å². The summed E-state index contributed by atoms with van der Waals surface area (Å²) >= 11 is 9.63. The van der Waals surface area contributed by atoms with E-state index in [0.29, 0.717) is 5.92 Å². The van der Waals surface area contributed by atoms with E-state index >= 15 is 0 Å². The van der Waals surface area contributed by atoms with E-state index in [1.165, 1.54) is 18.4 Å². The van der Waals surface area contributed by atoms with E-state index in [-0.39, 0.29) is 0 Å². The number of nitrogens with one attached hydrogen (secondary N) is 1. The predicted octanol–water partition coefficient (Wildman–Crippen LogP) is 3.57. The molecule has 0 spiro atoms. The monoisotopic (exact) mass is 273 g/mol. The lowest BCUT2D eigenvalue weighted by Gasteiger charge is -2.23. The van der Waals surface area contributed by atoms with Gasteiger partial charge in [0.25, 0.3) is 0 Å². The summed E-state index contributed by atoms with van der Waals surface area (Å²) in [7, 11) is 0. The van der Waals surface area contributed by atoms with Gasteiger partial charge < -0.3 is 5.32 Å². The van der Waals surface area contributed by atoms with Crippen molar-refractivity contribution in [2.45, 2.75) is 18.8 Å². The van der Waals surface area contributed by atoms with E-state index in [1.807, 2.05) is 6.07 Å². The van der Waals surface area contributed by atoms with E-state index < -0.39 is 0 Å². The largest absolute Gasteiger partial charge is 0.316 e. The van der Waals surface area contributed by atoms with Crippen molar-refractivity contribution in [3.8, 4) is 0 Å². The molecule has 1 atom stereocenters. The van der Waals surface area contributed by atoms with Crippen molar-refractivity contribution in [2.24, 2.45) is 0 Å². The molecule has 1 aromatic rings. The molecule has 1 nitrogen and oxygen atoms in total. The average Bonchev–Trinajstić information content (AvgIpc) is 2.19. The number of halogens is 2. The molecule has 1 aromatic carbocycles. The first-order valence-corrected chi connectivity index (χ1v) is 6.10. The number of piperidine rings is 1. The van der Waals surface area contributed by atoms with Gasteiger partial charge in [-0.25, -0.2) is 0 Å². The van der Waals surface area contributed by atoms with Gasteiger partial charge in [-0.15, -0.1) is 0 Å². The van der Waals surface area contributed by atoms with Crippen LogP contribution < -0.4 is 5.32 Å². The zero-order chi connectivity index (χ0) is 9.97. The molecular weight excluding hydrogens is 261 g/mol. The van der Waals surface area contributed by atoms with Crippen molar-refractivity contribution >= 4 is 27.5 Å². The Balaban J connectivity index is 2.22. The number of hydrogen-bond donors (Lipinski definition) is 1. The van der Waals surface area contributed by atoms with Gasteiger partial charge in [0.1, 0.15) is 0 Å². The van der Waals surface area contributed by atoms with E-state index in [1.54, 1.807) is 0 Å². The van der Waals surface area contributed by atoms with Crippen LogP contribution in [0.5, 0.6) is 0 Å². The molecular formula is C11H13BrClN. The molecule has 76 valence electrons. The van der Waals surface area contributed by atoms with Gasteiger partial charge in [0.05, 0.1) is 0 Å².